The lowest BCUT2D eigenvalue weighted by atomic mass is 10.1. The molecular weight excluding hydrogens is 402 g/mol. The van der Waals surface area contributed by atoms with Gasteiger partial charge in [-0.3, -0.25) is 0 Å². The van der Waals surface area contributed by atoms with E-state index in [0.29, 0.717) is 17.1 Å². The third kappa shape index (κ3) is 5.26. The van der Waals surface area contributed by atoms with E-state index >= 15 is 0 Å². The monoisotopic (exact) mass is 424 g/mol. The molecule has 1 aliphatic rings. The van der Waals surface area contributed by atoms with E-state index in [9.17, 15) is 9.18 Å². The average molecular weight is 425 g/mol. The Kier molecular flexibility index (Phi) is 6.97. The highest BCUT2D eigenvalue weighted by molar-refractivity contribution is 6.35. The van der Waals surface area contributed by atoms with E-state index in [4.69, 9.17) is 23.2 Å². The predicted molar refractivity (Wildman–Crippen MR) is 111 cm³/mol. The van der Waals surface area contributed by atoms with Gasteiger partial charge in [0.1, 0.15) is 11.6 Å². The lowest BCUT2D eigenvalue weighted by molar-refractivity contribution is 0.237. The summed E-state index contributed by atoms with van der Waals surface area (Å²) < 4.78 is 13.7. The second-order valence-electron chi connectivity index (χ2n) is 6.91. The molecule has 2 heterocycles. The lowest BCUT2D eigenvalue weighted by Crippen LogP contribution is -2.36. The molecule has 0 saturated carbocycles. The zero-order valence-corrected chi connectivity index (χ0v) is 17.2. The molecule has 1 atom stereocenters. The molecule has 1 fully saturated rings. The van der Waals surface area contributed by atoms with Crippen LogP contribution in [0.15, 0.2) is 30.5 Å². The van der Waals surface area contributed by atoms with Crippen molar-refractivity contribution in [2.45, 2.75) is 38.8 Å². The van der Waals surface area contributed by atoms with Crippen LogP contribution in [0.5, 0.6) is 0 Å². The van der Waals surface area contributed by atoms with Crippen molar-refractivity contribution in [2.24, 2.45) is 0 Å². The predicted octanol–water partition coefficient (Wildman–Crippen LogP) is 5.08. The smallest absolute Gasteiger partial charge is 0.315 e. The quantitative estimate of drug-likeness (QED) is 0.657. The van der Waals surface area contributed by atoms with Crippen LogP contribution in [0.25, 0.3) is 0 Å². The van der Waals surface area contributed by atoms with Crippen molar-refractivity contribution < 1.29 is 9.18 Å². The van der Waals surface area contributed by atoms with E-state index in [1.807, 2.05) is 12.1 Å². The van der Waals surface area contributed by atoms with Crippen LogP contribution in [0, 0.1) is 5.82 Å². The average Bonchev–Trinajstić information content (AvgIpc) is 2.70. The topological polar surface area (TPSA) is 57.3 Å². The van der Waals surface area contributed by atoms with Crippen molar-refractivity contribution in [3.8, 4) is 0 Å². The maximum Gasteiger partial charge on any atom is 0.315 e. The number of benzene rings is 1. The number of aromatic nitrogens is 1. The van der Waals surface area contributed by atoms with E-state index < -0.39 is 11.9 Å². The number of carbonyl (C=O) groups excluding carboxylic acids is 1. The van der Waals surface area contributed by atoms with Crippen molar-refractivity contribution in [1.82, 2.24) is 15.6 Å². The highest BCUT2D eigenvalue weighted by Crippen LogP contribution is 2.28. The molecule has 150 valence electrons. The largest absolute Gasteiger partial charge is 0.357 e. The minimum absolute atomic E-state index is 0.0501. The maximum absolute atomic E-state index is 13.7. The van der Waals surface area contributed by atoms with Gasteiger partial charge in [-0.2, -0.15) is 0 Å². The molecule has 0 radical (unpaired) electrons. The number of anilines is 1. The highest BCUT2D eigenvalue weighted by Gasteiger charge is 2.16. The lowest BCUT2D eigenvalue weighted by Gasteiger charge is -2.27. The summed E-state index contributed by atoms with van der Waals surface area (Å²) in [5, 5.41) is 5.77. The minimum atomic E-state index is -0.574. The number of halogens is 3. The third-order valence-electron chi connectivity index (χ3n) is 4.80. The van der Waals surface area contributed by atoms with Crippen LogP contribution in [0.4, 0.5) is 15.0 Å². The number of hydrogen-bond acceptors (Lipinski definition) is 3. The van der Waals surface area contributed by atoms with Crippen molar-refractivity contribution in [1.29, 1.82) is 0 Å². The van der Waals surface area contributed by atoms with Crippen LogP contribution in [-0.2, 0) is 6.54 Å². The van der Waals surface area contributed by atoms with Gasteiger partial charge in [0.2, 0.25) is 0 Å². The zero-order valence-electron chi connectivity index (χ0n) is 15.6. The van der Waals surface area contributed by atoms with Crippen molar-refractivity contribution >= 4 is 35.1 Å². The molecule has 0 aliphatic carbocycles. The number of amides is 2. The van der Waals surface area contributed by atoms with E-state index in [0.717, 1.165) is 24.5 Å². The maximum atomic E-state index is 13.7. The summed E-state index contributed by atoms with van der Waals surface area (Å²) in [5.41, 5.74) is 1.37. The van der Waals surface area contributed by atoms with Gasteiger partial charge in [0, 0.05) is 30.9 Å². The van der Waals surface area contributed by atoms with Gasteiger partial charge >= 0.3 is 6.03 Å². The first-order valence-corrected chi connectivity index (χ1v) is 10.1. The second-order valence-corrected chi connectivity index (χ2v) is 7.72. The summed E-state index contributed by atoms with van der Waals surface area (Å²) in [6, 6.07) is 5.67. The summed E-state index contributed by atoms with van der Waals surface area (Å²) in [6.45, 7) is 4.15. The first-order chi connectivity index (χ1) is 13.4. The first-order valence-electron chi connectivity index (χ1n) is 9.32. The van der Waals surface area contributed by atoms with Crippen LogP contribution in [0.3, 0.4) is 0 Å². The zero-order chi connectivity index (χ0) is 20.1. The number of hydrogen-bond donors (Lipinski definition) is 2. The Morgan fingerprint density at radius 1 is 1.21 bits per heavy atom. The Labute approximate surface area is 174 Å². The molecule has 1 saturated heterocycles. The SMILES string of the molecule is CC(NC(=O)NCc1ccc(N2CCCCC2)nc1)c1cc(F)c(Cl)cc1Cl. The van der Waals surface area contributed by atoms with E-state index in [1.165, 1.54) is 31.4 Å². The van der Waals surface area contributed by atoms with Crippen molar-refractivity contribution in [3.63, 3.8) is 0 Å². The van der Waals surface area contributed by atoms with Crippen molar-refractivity contribution in [2.75, 3.05) is 18.0 Å². The molecule has 0 spiro atoms. The molecule has 8 heteroatoms. The second kappa shape index (κ2) is 9.43. The summed E-state index contributed by atoms with van der Waals surface area (Å²) in [6.07, 6.45) is 5.45. The number of piperidine rings is 1. The fourth-order valence-electron chi connectivity index (χ4n) is 3.21. The standard InChI is InChI=1S/C20H23Cl2FN4O/c1-13(15-9-18(23)17(22)10-16(15)21)26-20(28)25-12-14-5-6-19(24-11-14)27-7-3-2-4-8-27/h5-6,9-11,13H,2-4,7-8,12H2,1H3,(H2,25,26,28). The van der Waals surface area contributed by atoms with Gasteiger partial charge in [-0.25, -0.2) is 14.2 Å². The molecular formula is C20H23Cl2FN4O. The van der Waals surface area contributed by atoms with Gasteiger partial charge in [-0.15, -0.1) is 0 Å². The number of nitrogens with one attached hydrogen (secondary N) is 2. The Morgan fingerprint density at radius 2 is 1.96 bits per heavy atom. The molecule has 2 N–H and O–H groups in total. The van der Waals surface area contributed by atoms with E-state index in [-0.39, 0.29) is 11.1 Å². The van der Waals surface area contributed by atoms with E-state index in [1.54, 1.807) is 13.1 Å². The van der Waals surface area contributed by atoms with Crippen LogP contribution < -0.4 is 15.5 Å². The number of rotatable bonds is 5. The van der Waals surface area contributed by atoms with Gasteiger partial charge < -0.3 is 15.5 Å². The molecule has 3 rings (SSSR count). The Balaban J connectivity index is 1.52. The summed E-state index contributed by atoms with van der Waals surface area (Å²) in [5.74, 6) is 0.399. The van der Waals surface area contributed by atoms with E-state index in [2.05, 4.69) is 20.5 Å². The van der Waals surface area contributed by atoms with Gasteiger partial charge in [-0.1, -0.05) is 29.3 Å². The van der Waals surface area contributed by atoms with Gasteiger partial charge in [0.15, 0.2) is 0 Å². The molecule has 0 bridgehead atoms. The summed E-state index contributed by atoms with van der Waals surface area (Å²) in [7, 11) is 0. The Bertz CT molecular complexity index is 826. The number of pyridine rings is 1. The molecule has 1 aromatic carbocycles. The van der Waals surface area contributed by atoms with Crippen molar-refractivity contribution in [3.05, 3.63) is 57.5 Å². The first kappa shape index (κ1) is 20.7. The minimum Gasteiger partial charge on any atom is -0.357 e. The van der Waals surface area contributed by atoms with Gasteiger partial charge in [-0.05, 0) is 55.5 Å². The number of carbonyl (C=O) groups is 1. The Morgan fingerprint density at radius 3 is 2.64 bits per heavy atom. The fraction of sp³-hybridized carbons (Fsp3) is 0.400. The van der Waals surface area contributed by atoms with Gasteiger partial charge in [0.05, 0.1) is 11.1 Å². The van der Waals surface area contributed by atoms with Crippen LogP contribution in [-0.4, -0.2) is 24.1 Å². The molecule has 1 aliphatic heterocycles. The summed E-state index contributed by atoms with van der Waals surface area (Å²) in [4.78, 5) is 18.9. The molecule has 2 amide bonds. The molecule has 28 heavy (non-hydrogen) atoms. The van der Waals surface area contributed by atoms with Crippen LogP contribution in [0.2, 0.25) is 10.0 Å². The molecule has 2 aromatic rings. The van der Waals surface area contributed by atoms with Crippen LogP contribution >= 0.6 is 23.2 Å². The normalized spacial score (nSPS) is 15.2. The number of urea groups is 1. The van der Waals surface area contributed by atoms with Crippen LogP contribution in [0.1, 0.15) is 43.4 Å². The van der Waals surface area contributed by atoms with Gasteiger partial charge in [0.25, 0.3) is 0 Å². The Hall–Kier alpha value is -2.05. The number of nitrogens with zero attached hydrogens (tertiary/aromatic N) is 2. The third-order valence-corrected chi connectivity index (χ3v) is 5.41. The molecule has 1 aromatic heterocycles. The fourth-order valence-corrected chi connectivity index (χ4v) is 3.76. The molecule has 1 unspecified atom stereocenters. The highest BCUT2D eigenvalue weighted by atomic mass is 35.5. The molecule has 5 nitrogen and oxygen atoms in total. The summed E-state index contributed by atoms with van der Waals surface area (Å²) >= 11 is 11.8.